The first kappa shape index (κ1) is 10.5. The van der Waals surface area contributed by atoms with Crippen molar-refractivity contribution in [1.29, 1.82) is 0 Å². The van der Waals surface area contributed by atoms with Crippen molar-refractivity contribution in [2.75, 3.05) is 14.2 Å². The van der Waals surface area contributed by atoms with Crippen LogP contribution in [0.4, 0.5) is 0 Å². The monoisotopic (exact) mass is 200 g/mol. The average Bonchev–Trinajstić information content (AvgIpc) is 2.66. The predicted octanol–water partition coefficient (Wildman–Crippen LogP) is -0.560. The summed E-state index contributed by atoms with van der Waals surface area (Å²) in [5.74, 6) is -0.992. The Morgan fingerprint density at radius 1 is 1.50 bits per heavy atom. The van der Waals surface area contributed by atoms with Gasteiger partial charge in [0.15, 0.2) is 5.54 Å². The van der Waals surface area contributed by atoms with Gasteiger partial charge in [-0.2, -0.15) is 5.10 Å². The van der Waals surface area contributed by atoms with Crippen LogP contribution >= 0.6 is 0 Å². The van der Waals surface area contributed by atoms with Crippen LogP contribution in [0.2, 0.25) is 0 Å². The van der Waals surface area contributed by atoms with Crippen LogP contribution in [0, 0.1) is 0 Å². The highest BCUT2D eigenvalue weighted by Gasteiger charge is 2.43. The number of carbonyl (C=O) groups excluding carboxylic acids is 2. The summed E-state index contributed by atoms with van der Waals surface area (Å²) in [7, 11) is 2.53. The number of hydrogen-bond donors (Lipinski definition) is 1. The van der Waals surface area contributed by atoms with Gasteiger partial charge >= 0.3 is 11.9 Å². The number of esters is 2. The largest absolute Gasteiger partial charge is 0.469 e. The molecule has 1 N–H and O–H groups in total. The van der Waals surface area contributed by atoms with Crippen molar-refractivity contribution in [2.45, 2.75) is 18.4 Å². The molecule has 0 saturated carbocycles. The van der Waals surface area contributed by atoms with Crippen LogP contribution in [-0.4, -0.2) is 37.9 Å². The van der Waals surface area contributed by atoms with Gasteiger partial charge in [-0.05, 0) is 0 Å². The van der Waals surface area contributed by atoms with Gasteiger partial charge in [0.05, 0.1) is 20.6 Å². The van der Waals surface area contributed by atoms with Crippen molar-refractivity contribution in [2.24, 2.45) is 5.10 Å². The lowest BCUT2D eigenvalue weighted by atomic mass is 9.93. The minimum atomic E-state index is -1.08. The zero-order valence-electron chi connectivity index (χ0n) is 8.07. The summed E-state index contributed by atoms with van der Waals surface area (Å²) < 4.78 is 9.08. The summed E-state index contributed by atoms with van der Waals surface area (Å²) in [6, 6.07) is 0. The Balaban J connectivity index is 2.73. The minimum absolute atomic E-state index is 0.0871. The number of ether oxygens (including phenoxy) is 2. The number of nitrogens with zero attached hydrogens (tertiary/aromatic N) is 1. The number of rotatable bonds is 3. The van der Waals surface area contributed by atoms with Crippen LogP contribution in [-0.2, 0) is 19.1 Å². The van der Waals surface area contributed by atoms with Gasteiger partial charge in [-0.25, -0.2) is 4.79 Å². The maximum atomic E-state index is 11.4. The molecule has 0 saturated heterocycles. The Kier molecular flexibility index (Phi) is 3.06. The smallest absolute Gasteiger partial charge is 0.334 e. The molecule has 0 bridgehead atoms. The first-order chi connectivity index (χ1) is 6.64. The quantitative estimate of drug-likeness (QED) is 0.618. The molecule has 0 fully saturated rings. The molecule has 1 aliphatic rings. The van der Waals surface area contributed by atoms with Crippen LogP contribution in [0.1, 0.15) is 12.8 Å². The highest BCUT2D eigenvalue weighted by molar-refractivity contribution is 5.90. The Bertz CT molecular complexity index is 267. The van der Waals surface area contributed by atoms with Gasteiger partial charge in [-0.3, -0.25) is 10.2 Å². The van der Waals surface area contributed by atoms with E-state index in [4.69, 9.17) is 0 Å². The summed E-state index contributed by atoms with van der Waals surface area (Å²) in [6.45, 7) is 0. The first-order valence-electron chi connectivity index (χ1n) is 4.08. The van der Waals surface area contributed by atoms with E-state index < -0.39 is 17.5 Å². The van der Waals surface area contributed by atoms with Gasteiger partial charge in [0.1, 0.15) is 0 Å². The van der Waals surface area contributed by atoms with Gasteiger partial charge < -0.3 is 9.47 Å². The number of nitrogens with one attached hydrogen (secondary N) is 1. The van der Waals surface area contributed by atoms with Crippen LogP contribution < -0.4 is 5.43 Å². The van der Waals surface area contributed by atoms with Gasteiger partial charge in [0.2, 0.25) is 0 Å². The molecule has 1 unspecified atom stereocenters. The Labute approximate surface area is 81.3 Å². The number of carbonyl (C=O) groups is 2. The molecule has 6 nitrogen and oxygen atoms in total. The second-order valence-electron chi connectivity index (χ2n) is 2.95. The highest BCUT2D eigenvalue weighted by atomic mass is 16.5. The Morgan fingerprint density at radius 2 is 2.21 bits per heavy atom. The molecule has 0 aromatic rings. The molecule has 14 heavy (non-hydrogen) atoms. The van der Waals surface area contributed by atoms with Gasteiger partial charge in [0, 0.05) is 12.6 Å². The fourth-order valence-electron chi connectivity index (χ4n) is 1.24. The standard InChI is InChI=1S/C8H12N2O4/c1-13-6(11)5-8(7(12)14-2)3-4-9-10-8/h4,10H,3,5H2,1-2H3. The zero-order chi connectivity index (χ0) is 10.6. The van der Waals surface area contributed by atoms with Gasteiger partial charge in [-0.1, -0.05) is 0 Å². The van der Waals surface area contributed by atoms with Crippen LogP contribution in [0.5, 0.6) is 0 Å². The van der Waals surface area contributed by atoms with E-state index in [0.717, 1.165) is 0 Å². The number of methoxy groups -OCH3 is 2. The second-order valence-corrected chi connectivity index (χ2v) is 2.95. The molecule has 0 aromatic carbocycles. The average molecular weight is 200 g/mol. The van der Waals surface area contributed by atoms with Crippen molar-refractivity contribution in [3.8, 4) is 0 Å². The molecule has 0 amide bonds. The molecule has 0 radical (unpaired) electrons. The molecular formula is C8H12N2O4. The van der Waals surface area contributed by atoms with Crippen molar-refractivity contribution < 1.29 is 19.1 Å². The fourth-order valence-corrected chi connectivity index (χ4v) is 1.24. The molecule has 1 rings (SSSR count). The summed E-state index contributed by atoms with van der Waals surface area (Å²) in [6.07, 6.45) is 1.77. The summed E-state index contributed by atoms with van der Waals surface area (Å²) in [5, 5.41) is 3.71. The molecule has 6 heteroatoms. The normalized spacial score (nSPS) is 24.1. The van der Waals surface area contributed by atoms with Crippen molar-refractivity contribution in [1.82, 2.24) is 5.43 Å². The lowest BCUT2D eigenvalue weighted by Crippen LogP contribution is -2.49. The minimum Gasteiger partial charge on any atom is -0.469 e. The Morgan fingerprint density at radius 3 is 2.64 bits per heavy atom. The van der Waals surface area contributed by atoms with Crippen LogP contribution in [0.15, 0.2) is 5.10 Å². The topological polar surface area (TPSA) is 77.0 Å². The lowest BCUT2D eigenvalue weighted by Gasteiger charge is -2.23. The van der Waals surface area contributed by atoms with E-state index in [9.17, 15) is 9.59 Å². The fraction of sp³-hybridized carbons (Fsp3) is 0.625. The van der Waals surface area contributed by atoms with Crippen LogP contribution in [0.3, 0.4) is 0 Å². The third-order valence-corrected chi connectivity index (χ3v) is 2.06. The van der Waals surface area contributed by atoms with Gasteiger partial charge in [-0.15, -0.1) is 0 Å². The highest BCUT2D eigenvalue weighted by Crippen LogP contribution is 2.20. The van der Waals surface area contributed by atoms with Gasteiger partial charge in [0.25, 0.3) is 0 Å². The molecule has 1 atom stereocenters. The third kappa shape index (κ3) is 1.84. The van der Waals surface area contributed by atoms with Crippen molar-refractivity contribution >= 4 is 18.2 Å². The molecule has 1 heterocycles. The van der Waals surface area contributed by atoms with E-state index >= 15 is 0 Å². The van der Waals surface area contributed by atoms with E-state index in [1.807, 2.05) is 0 Å². The molecule has 0 spiro atoms. The molecule has 1 aliphatic heterocycles. The first-order valence-corrected chi connectivity index (χ1v) is 4.08. The molecule has 78 valence electrons. The summed E-state index contributed by atoms with van der Waals surface area (Å²) >= 11 is 0. The van der Waals surface area contributed by atoms with E-state index in [-0.39, 0.29) is 6.42 Å². The number of hydrazone groups is 1. The SMILES string of the molecule is COC(=O)CC1(C(=O)OC)CC=NN1. The number of hydrogen-bond acceptors (Lipinski definition) is 6. The molecule has 0 aromatic heterocycles. The maximum absolute atomic E-state index is 11.4. The van der Waals surface area contributed by atoms with E-state index in [1.54, 1.807) is 0 Å². The molecular weight excluding hydrogens is 188 g/mol. The maximum Gasteiger partial charge on any atom is 0.334 e. The van der Waals surface area contributed by atoms with E-state index in [0.29, 0.717) is 6.42 Å². The Hall–Kier alpha value is -1.59. The summed E-state index contributed by atoms with van der Waals surface area (Å²) in [4.78, 5) is 22.5. The van der Waals surface area contributed by atoms with E-state index in [1.165, 1.54) is 20.4 Å². The van der Waals surface area contributed by atoms with Crippen molar-refractivity contribution in [3.05, 3.63) is 0 Å². The summed E-state index contributed by atoms with van der Waals surface area (Å²) in [5.41, 5.74) is 1.50. The predicted molar refractivity (Wildman–Crippen MR) is 47.6 cm³/mol. The van der Waals surface area contributed by atoms with E-state index in [2.05, 4.69) is 20.0 Å². The molecule has 0 aliphatic carbocycles. The zero-order valence-corrected chi connectivity index (χ0v) is 8.07. The second kappa shape index (κ2) is 4.08. The van der Waals surface area contributed by atoms with Crippen LogP contribution in [0.25, 0.3) is 0 Å². The third-order valence-electron chi connectivity index (χ3n) is 2.06. The lowest BCUT2D eigenvalue weighted by molar-refractivity contribution is -0.154. The van der Waals surface area contributed by atoms with Crippen molar-refractivity contribution in [3.63, 3.8) is 0 Å².